The summed E-state index contributed by atoms with van der Waals surface area (Å²) in [4.78, 5) is 2.53. The van der Waals surface area contributed by atoms with E-state index in [0.717, 1.165) is 17.5 Å². The maximum absolute atomic E-state index is 12.3. The average molecular weight is 298 g/mol. The number of nitrogens with one attached hydrogen (secondary N) is 1. The highest BCUT2D eigenvalue weighted by atomic mass is 32.2. The normalized spacial score (nSPS) is 13.7. The third-order valence-electron chi connectivity index (χ3n) is 3.72. The second-order valence-electron chi connectivity index (χ2n) is 5.40. The summed E-state index contributed by atoms with van der Waals surface area (Å²) in [5.74, 6) is 0. The lowest BCUT2D eigenvalue weighted by molar-refractivity contribution is 0.256. The number of hydrogen-bond donors (Lipinski definition) is 1. The highest BCUT2D eigenvalue weighted by molar-refractivity contribution is 7.89. The van der Waals surface area contributed by atoms with Crippen LogP contribution in [0, 0.1) is 13.8 Å². The molecule has 0 radical (unpaired) electrons. The summed E-state index contributed by atoms with van der Waals surface area (Å²) < 4.78 is 27.2. The first-order valence-corrected chi connectivity index (χ1v) is 8.53. The molecule has 20 heavy (non-hydrogen) atoms. The van der Waals surface area contributed by atoms with Crippen molar-refractivity contribution in [3.8, 4) is 0 Å². The molecule has 1 N–H and O–H groups in total. The summed E-state index contributed by atoms with van der Waals surface area (Å²) in [7, 11) is -1.40. The second kappa shape index (κ2) is 7.20. The summed E-state index contributed by atoms with van der Waals surface area (Å²) in [6.45, 7) is 9.18. The molecular formula is C15H26N2O2S. The lowest BCUT2D eigenvalue weighted by atomic mass is 10.2. The molecule has 0 amide bonds. The standard InChI is InChI=1S/C15H26N2O2S/c1-6-14(4)17(5)10-9-16-20(18,19)15-8-7-12(2)11-13(15)3/h7-8,11,14,16H,6,9-10H2,1-5H3. The van der Waals surface area contributed by atoms with E-state index in [1.54, 1.807) is 6.07 Å². The number of hydrogen-bond acceptors (Lipinski definition) is 3. The van der Waals surface area contributed by atoms with Gasteiger partial charge in [0.2, 0.25) is 10.0 Å². The minimum Gasteiger partial charge on any atom is -0.302 e. The second-order valence-corrected chi connectivity index (χ2v) is 7.14. The molecular weight excluding hydrogens is 272 g/mol. The largest absolute Gasteiger partial charge is 0.302 e. The Morgan fingerprint density at radius 1 is 1.30 bits per heavy atom. The molecule has 1 aromatic carbocycles. The summed E-state index contributed by atoms with van der Waals surface area (Å²) in [6, 6.07) is 5.85. The average Bonchev–Trinajstić information content (AvgIpc) is 2.36. The third kappa shape index (κ3) is 4.58. The van der Waals surface area contributed by atoms with Gasteiger partial charge < -0.3 is 4.90 Å². The van der Waals surface area contributed by atoms with E-state index in [0.29, 0.717) is 24.0 Å². The molecule has 0 saturated carbocycles. The number of rotatable bonds is 7. The minimum atomic E-state index is -3.41. The van der Waals surface area contributed by atoms with Crippen LogP contribution in [0.2, 0.25) is 0 Å². The first-order valence-electron chi connectivity index (χ1n) is 7.05. The van der Waals surface area contributed by atoms with Crippen molar-refractivity contribution in [2.45, 2.75) is 45.1 Å². The Morgan fingerprint density at radius 3 is 2.50 bits per heavy atom. The van der Waals surface area contributed by atoms with Crippen LogP contribution in [-0.4, -0.2) is 39.5 Å². The number of aryl methyl sites for hydroxylation is 2. The maximum atomic E-state index is 12.3. The van der Waals surface area contributed by atoms with Crippen LogP contribution in [0.4, 0.5) is 0 Å². The van der Waals surface area contributed by atoms with E-state index in [9.17, 15) is 8.42 Å². The lowest BCUT2D eigenvalue weighted by Crippen LogP contribution is -2.37. The highest BCUT2D eigenvalue weighted by Crippen LogP contribution is 2.16. The van der Waals surface area contributed by atoms with Crippen LogP contribution in [0.5, 0.6) is 0 Å². The van der Waals surface area contributed by atoms with E-state index in [1.807, 2.05) is 33.0 Å². The fourth-order valence-electron chi connectivity index (χ4n) is 2.07. The van der Waals surface area contributed by atoms with Gasteiger partial charge in [0.15, 0.2) is 0 Å². The molecule has 0 spiro atoms. The molecule has 1 rings (SSSR count). The summed E-state index contributed by atoms with van der Waals surface area (Å²) in [5, 5.41) is 0. The van der Waals surface area contributed by atoms with Crippen molar-refractivity contribution in [3.05, 3.63) is 29.3 Å². The van der Waals surface area contributed by atoms with Crippen molar-refractivity contribution in [2.24, 2.45) is 0 Å². The van der Waals surface area contributed by atoms with E-state index < -0.39 is 10.0 Å². The zero-order valence-electron chi connectivity index (χ0n) is 13.1. The third-order valence-corrected chi connectivity index (χ3v) is 5.34. The Bertz CT molecular complexity index is 541. The molecule has 114 valence electrons. The molecule has 1 atom stereocenters. The number of likely N-dealkylation sites (N-methyl/N-ethyl adjacent to an activating group) is 1. The summed E-state index contributed by atoms with van der Waals surface area (Å²) in [6.07, 6.45) is 1.06. The number of nitrogens with zero attached hydrogens (tertiary/aromatic N) is 1. The van der Waals surface area contributed by atoms with Gasteiger partial charge in [0.25, 0.3) is 0 Å². The van der Waals surface area contributed by atoms with Gasteiger partial charge in [-0.3, -0.25) is 0 Å². The minimum absolute atomic E-state index is 0.370. The van der Waals surface area contributed by atoms with Gasteiger partial charge in [-0.2, -0.15) is 0 Å². The molecule has 1 unspecified atom stereocenters. The summed E-state index contributed by atoms with van der Waals surface area (Å²) in [5.41, 5.74) is 1.85. The quantitative estimate of drug-likeness (QED) is 0.840. The van der Waals surface area contributed by atoms with Crippen molar-refractivity contribution in [1.82, 2.24) is 9.62 Å². The summed E-state index contributed by atoms with van der Waals surface area (Å²) >= 11 is 0. The van der Waals surface area contributed by atoms with E-state index in [2.05, 4.69) is 23.5 Å². The first kappa shape index (κ1) is 17.1. The Kier molecular flexibility index (Phi) is 6.17. The van der Waals surface area contributed by atoms with Gasteiger partial charge in [-0.25, -0.2) is 13.1 Å². The van der Waals surface area contributed by atoms with Gasteiger partial charge in [0.1, 0.15) is 0 Å². The van der Waals surface area contributed by atoms with Crippen LogP contribution in [0.3, 0.4) is 0 Å². The van der Waals surface area contributed by atoms with Crippen LogP contribution in [0.15, 0.2) is 23.1 Å². The first-order chi connectivity index (χ1) is 9.27. The fraction of sp³-hybridized carbons (Fsp3) is 0.600. The van der Waals surface area contributed by atoms with Gasteiger partial charge in [0.05, 0.1) is 4.90 Å². The highest BCUT2D eigenvalue weighted by Gasteiger charge is 2.16. The monoisotopic (exact) mass is 298 g/mol. The molecule has 1 aromatic rings. The van der Waals surface area contributed by atoms with Gasteiger partial charge >= 0.3 is 0 Å². The van der Waals surface area contributed by atoms with Crippen LogP contribution in [0.25, 0.3) is 0 Å². The van der Waals surface area contributed by atoms with Gasteiger partial charge in [0, 0.05) is 19.1 Å². The molecule has 0 aromatic heterocycles. The Morgan fingerprint density at radius 2 is 1.95 bits per heavy atom. The number of benzene rings is 1. The molecule has 0 heterocycles. The Hall–Kier alpha value is -0.910. The van der Waals surface area contributed by atoms with E-state index in [4.69, 9.17) is 0 Å². The smallest absolute Gasteiger partial charge is 0.240 e. The van der Waals surface area contributed by atoms with Gasteiger partial charge in [-0.1, -0.05) is 24.6 Å². The molecule has 4 nitrogen and oxygen atoms in total. The zero-order valence-corrected chi connectivity index (χ0v) is 13.9. The topological polar surface area (TPSA) is 49.4 Å². The van der Waals surface area contributed by atoms with Gasteiger partial charge in [-0.05, 0) is 45.9 Å². The van der Waals surface area contributed by atoms with Crippen LogP contribution >= 0.6 is 0 Å². The zero-order chi connectivity index (χ0) is 15.3. The SMILES string of the molecule is CCC(C)N(C)CCNS(=O)(=O)c1ccc(C)cc1C. The predicted molar refractivity (Wildman–Crippen MR) is 83.5 cm³/mol. The van der Waals surface area contributed by atoms with Crippen LogP contribution < -0.4 is 4.72 Å². The van der Waals surface area contributed by atoms with E-state index in [-0.39, 0.29) is 0 Å². The Balaban J connectivity index is 2.67. The molecule has 0 aliphatic rings. The lowest BCUT2D eigenvalue weighted by Gasteiger charge is -2.23. The van der Waals surface area contributed by atoms with Crippen molar-refractivity contribution >= 4 is 10.0 Å². The molecule has 5 heteroatoms. The predicted octanol–water partition coefficient (Wildman–Crippen LogP) is 2.31. The molecule has 0 saturated heterocycles. The van der Waals surface area contributed by atoms with E-state index in [1.165, 1.54) is 0 Å². The van der Waals surface area contributed by atoms with Crippen LogP contribution in [-0.2, 0) is 10.0 Å². The molecule has 0 fully saturated rings. The van der Waals surface area contributed by atoms with Crippen molar-refractivity contribution < 1.29 is 8.42 Å². The molecule has 0 aliphatic carbocycles. The molecule has 0 bridgehead atoms. The van der Waals surface area contributed by atoms with Crippen molar-refractivity contribution in [1.29, 1.82) is 0 Å². The number of sulfonamides is 1. The maximum Gasteiger partial charge on any atom is 0.240 e. The molecule has 0 aliphatic heterocycles. The fourth-order valence-corrected chi connectivity index (χ4v) is 3.31. The van der Waals surface area contributed by atoms with Crippen molar-refractivity contribution in [3.63, 3.8) is 0 Å². The Labute approximate surface area is 123 Å². The van der Waals surface area contributed by atoms with Crippen molar-refractivity contribution in [2.75, 3.05) is 20.1 Å². The van der Waals surface area contributed by atoms with E-state index >= 15 is 0 Å². The van der Waals surface area contributed by atoms with Gasteiger partial charge in [-0.15, -0.1) is 0 Å². The van der Waals surface area contributed by atoms with Crippen LogP contribution in [0.1, 0.15) is 31.4 Å².